The molecule has 1 fully saturated rings. The van der Waals surface area contributed by atoms with Crippen molar-refractivity contribution in [2.75, 3.05) is 4.90 Å². The molecule has 6 nitrogen and oxygen atoms in total. The molecule has 0 aliphatic carbocycles. The van der Waals surface area contributed by atoms with E-state index in [2.05, 4.69) is 21.2 Å². The number of hydrogen-bond acceptors (Lipinski definition) is 4. The highest BCUT2D eigenvalue weighted by molar-refractivity contribution is 9.10. The van der Waals surface area contributed by atoms with E-state index >= 15 is 0 Å². The minimum Gasteiger partial charge on any atom is -0.457 e. The molecule has 1 saturated heterocycles. The Labute approximate surface area is 195 Å². The molecule has 9 heteroatoms. The van der Waals surface area contributed by atoms with Gasteiger partial charge in [-0.1, -0.05) is 45.2 Å². The van der Waals surface area contributed by atoms with Gasteiger partial charge in [0.2, 0.25) is 0 Å². The number of hydrogen-bond donors (Lipinski definition) is 1. The number of barbiturate groups is 1. The van der Waals surface area contributed by atoms with E-state index in [1.54, 1.807) is 12.1 Å². The Morgan fingerprint density at radius 2 is 1.77 bits per heavy atom. The lowest BCUT2D eigenvalue weighted by molar-refractivity contribution is -0.122. The number of nitrogens with one attached hydrogen (secondary N) is 1. The first-order chi connectivity index (χ1) is 14.7. The maximum Gasteiger partial charge on any atom is 0.335 e. The van der Waals surface area contributed by atoms with Gasteiger partial charge in [-0.05, 0) is 61.0 Å². The summed E-state index contributed by atoms with van der Waals surface area (Å²) in [6, 6.07) is 12.6. The molecule has 4 amide bonds. The number of carbonyl (C=O) groups excluding carboxylic acids is 3. The predicted octanol–water partition coefficient (Wildman–Crippen LogP) is 5.99. The van der Waals surface area contributed by atoms with Crippen LogP contribution in [0.25, 0.3) is 17.4 Å². The highest BCUT2D eigenvalue weighted by Gasteiger charge is 2.37. The van der Waals surface area contributed by atoms with Gasteiger partial charge in [-0.3, -0.25) is 14.9 Å². The van der Waals surface area contributed by atoms with Crippen molar-refractivity contribution < 1.29 is 18.8 Å². The van der Waals surface area contributed by atoms with E-state index in [1.165, 1.54) is 24.3 Å². The Kier molecular flexibility index (Phi) is 5.75. The molecule has 1 aliphatic heterocycles. The van der Waals surface area contributed by atoms with Crippen molar-refractivity contribution in [1.29, 1.82) is 0 Å². The third-order valence-electron chi connectivity index (χ3n) is 4.57. The molecule has 2 heterocycles. The van der Waals surface area contributed by atoms with Crippen molar-refractivity contribution in [2.24, 2.45) is 0 Å². The standard InChI is InChI=1S/C22H13BrCl2N2O4/c1-11-2-5-14(16(23)8-11)19-7-4-13(31-19)10-15-20(28)26-22(30)27(21(15)29)12-3-6-17(24)18(25)9-12/h2-10H,1H3,(H,26,28,30)/b15-10+. The highest BCUT2D eigenvalue weighted by Crippen LogP contribution is 2.32. The lowest BCUT2D eigenvalue weighted by Gasteiger charge is -2.26. The second-order valence-corrected chi connectivity index (χ2v) is 8.41. The Morgan fingerprint density at radius 3 is 2.48 bits per heavy atom. The van der Waals surface area contributed by atoms with Gasteiger partial charge in [0.05, 0.1) is 15.7 Å². The van der Waals surface area contributed by atoms with Crippen molar-refractivity contribution in [3.63, 3.8) is 0 Å². The molecule has 1 aromatic heterocycles. The van der Waals surface area contributed by atoms with Crippen molar-refractivity contribution in [3.8, 4) is 11.3 Å². The van der Waals surface area contributed by atoms with Crippen LogP contribution in [0.3, 0.4) is 0 Å². The molecule has 0 spiro atoms. The number of urea groups is 1. The SMILES string of the molecule is Cc1ccc(-c2ccc(/C=C3\C(=O)NC(=O)N(c4ccc(Cl)c(Cl)c4)C3=O)o2)c(Br)c1. The molecular formula is C22H13BrCl2N2O4. The summed E-state index contributed by atoms with van der Waals surface area (Å²) in [6.45, 7) is 1.97. The van der Waals surface area contributed by atoms with Crippen LogP contribution < -0.4 is 10.2 Å². The zero-order chi connectivity index (χ0) is 22.3. The second-order valence-electron chi connectivity index (χ2n) is 6.74. The lowest BCUT2D eigenvalue weighted by atomic mass is 10.1. The van der Waals surface area contributed by atoms with E-state index in [1.807, 2.05) is 25.1 Å². The number of furan rings is 1. The Balaban J connectivity index is 1.69. The summed E-state index contributed by atoms with van der Waals surface area (Å²) >= 11 is 15.4. The molecule has 156 valence electrons. The number of halogens is 3. The molecule has 31 heavy (non-hydrogen) atoms. The zero-order valence-electron chi connectivity index (χ0n) is 15.9. The van der Waals surface area contributed by atoms with Gasteiger partial charge in [-0.2, -0.15) is 0 Å². The molecule has 3 aromatic rings. The van der Waals surface area contributed by atoms with E-state index in [0.717, 1.165) is 20.5 Å². The van der Waals surface area contributed by atoms with Crippen LogP contribution in [0.4, 0.5) is 10.5 Å². The maximum atomic E-state index is 13.0. The van der Waals surface area contributed by atoms with Gasteiger partial charge in [0.25, 0.3) is 11.8 Å². The summed E-state index contributed by atoms with van der Waals surface area (Å²) in [5.41, 5.74) is 1.83. The molecule has 1 N–H and O–H groups in total. The van der Waals surface area contributed by atoms with Crippen molar-refractivity contribution in [3.05, 3.63) is 79.9 Å². The van der Waals surface area contributed by atoms with E-state index in [4.69, 9.17) is 27.6 Å². The van der Waals surface area contributed by atoms with Crippen LogP contribution in [0.2, 0.25) is 10.0 Å². The fourth-order valence-electron chi connectivity index (χ4n) is 3.05. The molecule has 0 unspecified atom stereocenters. The molecule has 1 aliphatic rings. The Bertz CT molecular complexity index is 1280. The number of amides is 4. The van der Waals surface area contributed by atoms with Crippen LogP contribution in [0, 0.1) is 6.92 Å². The summed E-state index contributed by atoms with van der Waals surface area (Å²) in [5, 5.41) is 2.59. The number of anilines is 1. The smallest absolute Gasteiger partial charge is 0.335 e. The molecule has 0 atom stereocenters. The molecular weight excluding hydrogens is 507 g/mol. The van der Waals surface area contributed by atoms with Crippen LogP contribution in [0.15, 0.2) is 63.0 Å². The minimum absolute atomic E-state index is 0.168. The van der Waals surface area contributed by atoms with E-state index in [0.29, 0.717) is 5.76 Å². The van der Waals surface area contributed by atoms with Gasteiger partial charge in [0.1, 0.15) is 17.1 Å². The van der Waals surface area contributed by atoms with Gasteiger partial charge >= 0.3 is 6.03 Å². The van der Waals surface area contributed by atoms with Gasteiger partial charge in [0.15, 0.2) is 0 Å². The summed E-state index contributed by atoms with van der Waals surface area (Å²) in [6.07, 6.45) is 1.29. The number of aryl methyl sites for hydroxylation is 1. The monoisotopic (exact) mass is 518 g/mol. The minimum atomic E-state index is -0.880. The Hall–Kier alpha value is -2.87. The average molecular weight is 520 g/mol. The molecule has 4 rings (SSSR count). The summed E-state index contributed by atoms with van der Waals surface area (Å²) in [7, 11) is 0. The van der Waals surface area contributed by atoms with Gasteiger partial charge in [0, 0.05) is 10.0 Å². The van der Waals surface area contributed by atoms with Crippen molar-refractivity contribution in [2.45, 2.75) is 6.92 Å². The number of imide groups is 2. The Morgan fingerprint density at radius 1 is 1.00 bits per heavy atom. The average Bonchev–Trinajstić information content (AvgIpc) is 3.16. The lowest BCUT2D eigenvalue weighted by Crippen LogP contribution is -2.54. The number of rotatable bonds is 3. The predicted molar refractivity (Wildman–Crippen MR) is 122 cm³/mol. The summed E-state index contributed by atoms with van der Waals surface area (Å²) < 4.78 is 6.66. The first kappa shape index (κ1) is 21.4. The van der Waals surface area contributed by atoms with Crippen LogP contribution in [0.1, 0.15) is 11.3 Å². The first-order valence-corrected chi connectivity index (χ1v) is 10.5. The fraction of sp³-hybridized carbons (Fsp3) is 0.0455. The third-order valence-corrected chi connectivity index (χ3v) is 5.96. The van der Waals surface area contributed by atoms with Crippen LogP contribution in [-0.4, -0.2) is 17.8 Å². The molecule has 0 bridgehead atoms. The highest BCUT2D eigenvalue weighted by atomic mass is 79.9. The van der Waals surface area contributed by atoms with E-state index < -0.39 is 17.8 Å². The van der Waals surface area contributed by atoms with Crippen molar-refractivity contribution >= 4 is 68.7 Å². The normalized spacial score (nSPS) is 15.5. The van der Waals surface area contributed by atoms with Crippen LogP contribution >= 0.6 is 39.1 Å². The molecule has 0 radical (unpaired) electrons. The van der Waals surface area contributed by atoms with E-state index in [-0.39, 0.29) is 27.1 Å². The van der Waals surface area contributed by atoms with E-state index in [9.17, 15) is 14.4 Å². The van der Waals surface area contributed by atoms with Gasteiger partial charge < -0.3 is 4.42 Å². The topological polar surface area (TPSA) is 79.6 Å². The number of benzene rings is 2. The van der Waals surface area contributed by atoms with Crippen molar-refractivity contribution in [1.82, 2.24) is 5.32 Å². The molecule has 0 saturated carbocycles. The fourth-order valence-corrected chi connectivity index (χ4v) is 4.03. The van der Waals surface area contributed by atoms with Gasteiger partial charge in [-0.25, -0.2) is 9.69 Å². The largest absolute Gasteiger partial charge is 0.457 e. The second kappa shape index (κ2) is 8.34. The molecule has 2 aromatic carbocycles. The quantitative estimate of drug-likeness (QED) is 0.340. The first-order valence-electron chi connectivity index (χ1n) is 8.97. The van der Waals surface area contributed by atoms with Crippen LogP contribution in [-0.2, 0) is 9.59 Å². The summed E-state index contributed by atoms with van der Waals surface area (Å²) in [4.78, 5) is 38.4. The number of nitrogens with zero attached hydrogens (tertiary/aromatic N) is 1. The number of carbonyl (C=O) groups is 3. The van der Waals surface area contributed by atoms with Crippen LogP contribution in [0.5, 0.6) is 0 Å². The summed E-state index contributed by atoms with van der Waals surface area (Å²) in [5.74, 6) is -0.786. The third kappa shape index (κ3) is 4.17. The van der Waals surface area contributed by atoms with Gasteiger partial charge in [-0.15, -0.1) is 0 Å². The zero-order valence-corrected chi connectivity index (χ0v) is 19.0. The maximum absolute atomic E-state index is 13.0.